The number of aryl methyl sites for hydroxylation is 1. The smallest absolute Gasteiger partial charge is 0.139 e. The summed E-state index contributed by atoms with van der Waals surface area (Å²) in [6, 6.07) is 4.06. The van der Waals surface area contributed by atoms with Crippen molar-refractivity contribution in [2.24, 2.45) is 0 Å². The Bertz CT molecular complexity index is 589. The van der Waals surface area contributed by atoms with E-state index in [2.05, 4.69) is 22.6 Å². The highest BCUT2D eigenvalue weighted by atomic mass is 15.1. The standard InChI is InChI=1S/C15H17N3/c1-5-8-18-14(10-17-15(18)11(2)3)13-7-6-12(4)16-9-13/h5-10H,2H2,1,3-4H3/b8-5-. The van der Waals surface area contributed by atoms with Crippen molar-refractivity contribution in [2.45, 2.75) is 20.8 Å². The minimum absolute atomic E-state index is 0.878. The van der Waals surface area contributed by atoms with Gasteiger partial charge in [0.2, 0.25) is 0 Å². The molecule has 0 saturated heterocycles. The Hall–Kier alpha value is -2.16. The maximum absolute atomic E-state index is 4.42. The number of rotatable bonds is 3. The van der Waals surface area contributed by atoms with Crippen LogP contribution < -0.4 is 0 Å². The van der Waals surface area contributed by atoms with Crippen molar-refractivity contribution in [1.82, 2.24) is 14.5 Å². The highest BCUT2D eigenvalue weighted by molar-refractivity contribution is 5.67. The summed E-state index contributed by atoms with van der Waals surface area (Å²) < 4.78 is 2.04. The Kier molecular flexibility index (Phi) is 3.42. The zero-order valence-corrected chi connectivity index (χ0v) is 11.0. The second-order valence-corrected chi connectivity index (χ2v) is 4.29. The van der Waals surface area contributed by atoms with Gasteiger partial charge in [-0.3, -0.25) is 9.55 Å². The first-order chi connectivity index (χ1) is 8.63. The molecule has 3 heteroatoms. The van der Waals surface area contributed by atoms with Gasteiger partial charge in [0.1, 0.15) is 5.82 Å². The van der Waals surface area contributed by atoms with E-state index in [1.807, 2.05) is 56.1 Å². The fraction of sp³-hybridized carbons (Fsp3) is 0.200. The Morgan fingerprint density at radius 1 is 1.28 bits per heavy atom. The van der Waals surface area contributed by atoms with Crippen LogP contribution in [0, 0.1) is 6.92 Å². The Morgan fingerprint density at radius 2 is 2.06 bits per heavy atom. The molecule has 0 saturated carbocycles. The Balaban J connectivity index is 2.57. The van der Waals surface area contributed by atoms with Crippen molar-refractivity contribution in [3.8, 4) is 11.3 Å². The van der Waals surface area contributed by atoms with Crippen LogP contribution in [0.15, 0.2) is 37.2 Å². The number of nitrogens with zero attached hydrogens (tertiary/aromatic N) is 3. The van der Waals surface area contributed by atoms with Crippen molar-refractivity contribution in [3.63, 3.8) is 0 Å². The van der Waals surface area contributed by atoms with E-state index in [0.29, 0.717) is 0 Å². The largest absolute Gasteiger partial charge is 0.300 e. The average molecular weight is 239 g/mol. The molecule has 0 fully saturated rings. The van der Waals surface area contributed by atoms with Crippen molar-refractivity contribution in [1.29, 1.82) is 0 Å². The van der Waals surface area contributed by atoms with E-state index in [-0.39, 0.29) is 0 Å². The molecule has 0 amide bonds. The molecule has 2 aromatic rings. The van der Waals surface area contributed by atoms with Gasteiger partial charge in [0, 0.05) is 23.7 Å². The van der Waals surface area contributed by atoms with Gasteiger partial charge in [0.15, 0.2) is 0 Å². The molecule has 2 aromatic heterocycles. The van der Waals surface area contributed by atoms with Gasteiger partial charge < -0.3 is 0 Å². The summed E-state index contributed by atoms with van der Waals surface area (Å²) in [6.07, 6.45) is 7.70. The van der Waals surface area contributed by atoms with Crippen LogP contribution in [0.25, 0.3) is 23.0 Å². The molecular formula is C15H17N3. The summed E-state index contributed by atoms with van der Waals surface area (Å²) in [6.45, 7) is 9.88. The molecule has 3 nitrogen and oxygen atoms in total. The summed E-state index contributed by atoms with van der Waals surface area (Å²) in [5.74, 6) is 0.878. The molecule has 18 heavy (non-hydrogen) atoms. The first kappa shape index (κ1) is 12.3. The topological polar surface area (TPSA) is 30.7 Å². The first-order valence-corrected chi connectivity index (χ1v) is 5.92. The van der Waals surface area contributed by atoms with Gasteiger partial charge in [-0.25, -0.2) is 4.98 Å². The van der Waals surface area contributed by atoms with E-state index < -0.39 is 0 Å². The molecule has 92 valence electrons. The lowest BCUT2D eigenvalue weighted by molar-refractivity contribution is 1.09. The molecule has 0 radical (unpaired) electrons. The van der Waals surface area contributed by atoms with Gasteiger partial charge in [-0.1, -0.05) is 12.7 Å². The predicted octanol–water partition coefficient (Wildman–Crippen LogP) is 3.78. The number of hydrogen-bond donors (Lipinski definition) is 0. The third-order valence-corrected chi connectivity index (χ3v) is 2.68. The van der Waals surface area contributed by atoms with E-state index in [1.54, 1.807) is 0 Å². The zero-order valence-electron chi connectivity index (χ0n) is 11.0. The number of aromatic nitrogens is 3. The van der Waals surface area contributed by atoms with Crippen LogP contribution in [0.2, 0.25) is 0 Å². The second kappa shape index (κ2) is 5.00. The molecular weight excluding hydrogens is 222 g/mol. The van der Waals surface area contributed by atoms with Gasteiger partial charge in [-0.2, -0.15) is 0 Å². The third-order valence-electron chi connectivity index (χ3n) is 2.68. The number of hydrogen-bond acceptors (Lipinski definition) is 2. The maximum atomic E-state index is 4.42. The second-order valence-electron chi connectivity index (χ2n) is 4.29. The summed E-state index contributed by atoms with van der Waals surface area (Å²) in [5, 5.41) is 0. The van der Waals surface area contributed by atoms with Crippen LogP contribution in [0.1, 0.15) is 25.4 Å². The van der Waals surface area contributed by atoms with Crippen LogP contribution >= 0.6 is 0 Å². The minimum Gasteiger partial charge on any atom is -0.300 e. The van der Waals surface area contributed by atoms with Crippen LogP contribution in [-0.2, 0) is 0 Å². The van der Waals surface area contributed by atoms with Crippen molar-refractivity contribution in [2.75, 3.05) is 0 Å². The van der Waals surface area contributed by atoms with Crippen molar-refractivity contribution >= 4 is 11.8 Å². The highest BCUT2D eigenvalue weighted by Crippen LogP contribution is 2.23. The van der Waals surface area contributed by atoms with E-state index in [1.165, 1.54) is 0 Å². The lowest BCUT2D eigenvalue weighted by Crippen LogP contribution is -1.96. The molecule has 2 rings (SSSR count). The molecule has 0 aliphatic heterocycles. The van der Waals surface area contributed by atoms with Gasteiger partial charge >= 0.3 is 0 Å². The SMILES string of the molecule is C=C(C)c1ncc(-c2ccc(C)nc2)n1/C=C\C. The van der Waals surface area contributed by atoms with Gasteiger partial charge in [-0.05, 0) is 38.5 Å². The Labute approximate surface area is 108 Å². The fourth-order valence-electron chi connectivity index (χ4n) is 1.81. The quantitative estimate of drug-likeness (QED) is 0.816. The van der Waals surface area contributed by atoms with E-state index in [9.17, 15) is 0 Å². The van der Waals surface area contributed by atoms with Crippen LogP contribution in [0.5, 0.6) is 0 Å². The first-order valence-electron chi connectivity index (χ1n) is 5.92. The van der Waals surface area contributed by atoms with E-state index in [4.69, 9.17) is 0 Å². The monoisotopic (exact) mass is 239 g/mol. The molecule has 2 heterocycles. The van der Waals surface area contributed by atoms with Crippen LogP contribution in [0.4, 0.5) is 0 Å². The lowest BCUT2D eigenvalue weighted by Gasteiger charge is -2.07. The fourth-order valence-corrected chi connectivity index (χ4v) is 1.81. The number of pyridine rings is 1. The van der Waals surface area contributed by atoms with Crippen molar-refractivity contribution < 1.29 is 0 Å². The molecule has 0 spiro atoms. The third kappa shape index (κ3) is 2.25. The molecule has 0 aromatic carbocycles. The van der Waals surface area contributed by atoms with Gasteiger partial charge in [0.25, 0.3) is 0 Å². The van der Waals surface area contributed by atoms with Gasteiger partial charge in [0.05, 0.1) is 11.9 Å². The highest BCUT2D eigenvalue weighted by Gasteiger charge is 2.10. The molecule has 0 bridgehead atoms. The van der Waals surface area contributed by atoms with Crippen LogP contribution in [-0.4, -0.2) is 14.5 Å². The van der Waals surface area contributed by atoms with E-state index in [0.717, 1.165) is 28.3 Å². The summed E-state index contributed by atoms with van der Waals surface area (Å²) in [4.78, 5) is 8.74. The summed E-state index contributed by atoms with van der Waals surface area (Å²) in [7, 11) is 0. The van der Waals surface area contributed by atoms with Gasteiger partial charge in [-0.15, -0.1) is 0 Å². The predicted molar refractivity (Wildman–Crippen MR) is 75.9 cm³/mol. The van der Waals surface area contributed by atoms with E-state index >= 15 is 0 Å². The number of imidazole rings is 1. The zero-order chi connectivity index (χ0) is 13.1. The Morgan fingerprint density at radius 3 is 2.61 bits per heavy atom. The van der Waals surface area contributed by atoms with Crippen molar-refractivity contribution in [3.05, 3.63) is 48.7 Å². The van der Waals surface area contributed by atoms with Crippen LogP contribution in [0.3, 0.4) is 0 Å². The summed E-state index contributed by atoms with van der Waals surface area (Å²) >= 11 is 0. The molecule has 0 aliphatic rings. The average Bonchev–Trinajstić information content (AvgIpc) is 2.74. The lowest BCUT2D eigenvalue weighted by atomic mass is 10.2. The maximum Gasteiger partial charge on any atom is 0.139 e. The summed E-state index contributed by atoms with van der Waals surface area (Å²) in [5.41, 5.74) is 4.03. The molecule has 0 N–H and O–H groups in total. The minimum atomic E-state index is 0.878. The molecule has 0 atom stereocenters. The number of allylic oxidation sites excluding steroid dienone is 2. The molecule has 0 unspecified atom stereocenters. The normalized spacial score (nSPS) is 11.1. The molecule has 0 aliphatic carbocycles.